The summed E-state index contributed by atoms with van der Waals surface area (Å²) < 4.78 is 14.4. The van der Waals surface area contributed by atoms with E-state index < -0.39 is 8.53 Å². The van der Waals surface area contributed by atoms with Crippen molar-refractivity contribution in [2.45, 2.75) is 137 Å². The second-order valence-corrected chi connectivity index (χ2v) is 10.3. The van der Waals surface area contributed by atoms with E-state index in [0.717, 1.165) is 13.0 Å². The second kappa shape index (κ2) is 21.5. The van der Waals surface area contributed by atoms with Gasteiger partial charge in [0.05, 0.1) is 13.2 Å². The van der Waals surface area contributed by atoms with Crippen molar-refractivity contribution in [3.05, 3.63) is 0 Å². The molecule has 5 heteroatoms. The molecule has 2 N–H and O–H groups in total. The number of hydrogen-bond acceptors (Lipinski definition) is 4. The third kappa shape index (κ3) is 17.6. The Balaban J connectivity index is 3.65. The lowest BCUT2D eigenvalue weighted by molar-refractivity contribution is 0.175. The molecule has 0 radical (unpaired) electrons. The molecule has 0 aromatic carbocycles. The zero-order valence-electron chi connectivity index (χ0n) is 20.5. The van der Waals surface area contributed by atoms with Gasteiger partial charge in [0.15, 0.2) is 0 Å². The first-order valence-electron chi connectivity index (χ1n) is 12.6. The summed E-state index contributed by atoms with van der Waals surface area (Å²) in [5, 5.41) is 0. The molecule has 4 nitrogen and oxygen atoms in total. The quantitative estimate of drug-likeness (QED) is 0.140. The molecule has 0 heterocycles. The maximum absolute atomic E-state index is 6.15. The van der Waals surface area contributed by atoms with E-state index in [9.17, 15) is 0 Å². The Morgan fingerprint density at radius 1 is 0.621 bits per heavy atom. The van der Waals surface area contributed by atoms with Crippen LogP contribution in [0, 0.1) is 0 Å². The maximum atomic E-state index is 6.15. The van der Waals surface area contributed by atoms with Crippen LogP contribution in [0.1, 0.15) is 125 Å². The standard InChI is InChI=1S/C24H53N2O2P/c1-6-7-8-9-10-11-12-13-14-15-16-17-18-19-21-27-29(28-22-20-25)26(23(2)3)24(4)5/h23-24H,6-22,25H2,1-5H3. The van der Waals surface area contributed by atoms with Crippen molar-refractivity contribution < 1.29 is 9.05 Å². The minimum atomic E-state index is -0.997. The SMILES string of the molecule is CCCCCCCCCCCCCCCCOP(OCCN)N(C(C)C)C(C)C. The third-order valence-electron chi connectivity index (χ3n) is 5.27. The smallest absolute Gasteiger partial charge is 0.259 e. The summed E-state index contributed by atoms with van der Waals surface area (Å²) in [6, 6.07) is 0.824. The lowest BCUT2D eigenvalue weighted by Crippen LogP contribution is -2.34. The second-order valence-electron chi connectivity index (χ2n) is 8.86. The van der Waals surface area contributed by atoms with Gasteiger partial charge in [0.2, 0.25) is 0 Å². The normalized spacial score (nSPS) is 13.1. The van der Waals surface area contributed by atoms with Gasteiger partial charge >= 0.3 is 0 Å². The summed E-state index contributed by atoms with van der Waals surface area (Å²) in [7, 11) is -0.997. The zero-order chi connectivity index (χ0) is 21.7. The van der Waals surface area contributed by atoms with Crippen molar-refractivity contribution >= 4 is 8.53 Å². The van der Waals surface area contributed by atoms with Gasteiger partial charge in [0, 0.05) is 18.6 Å². The van der Waals surface area contributed by atoms with Crippen LogP contribution < -0.4 is 5.73 Å². The molecule has 29 heavy (non-hydrogen) atoms. The summed E-state index contributed by atoms with van der Waals surface area (Å²) in [6.07, 6.45) is 19.3. The van der Waals surface area contributed by atoms with Crippen LogP contribution >= 0.6 is 8.53 Å². The molecular formula is C24H53N2O2P. The van der Waals surface area contributed by atoms with Crippen molar-refractivity contribution in [1.29, 1.82) is 0 Å². The number of nitrogens with two attached hydrogens (primary N) is 1. The fraction of sp³-hybridized carbons (Fsp3) is 1.00. The molecule has 0 aliphatic heterocycles. The molecule has 0 aliphatic carbocycles. The van der Waals surface area contributed by atoms with Gasteiger partial charge < -0.3 is 14.8 Å². The van der Waals surface area contributed by atoms with E-state index in [1.807, 2.05) is 0 Å². The molecule has 0 spiro atoms. The van der Waals surface area contributed by atoms with Gasteiger partial charge in [-0.3, -0.25) is 0 Å². The van der Waals surface area contributed by atoms with Crippen molar-refractivity contribution in [2.75, 3.05) is 19.8 Å². The Morgan fingerprint density at radius 2 is 1.00 bits per heavy atom. The highest BCUT2D eigenvalue weighted by Crippen LogP contribution is 2.45. The summed E-state index contributed by atoms with van der Waals surface area (Å²) in [5.41, 5.74) is 5.63. The van der Waals surface area contributed by atoms with E-state index in [4.69, 9.17) is 14.8 Å². The van der Waals surface area contributed by atoms with Crippen LogP contribution in [0.2, 0.25) is 0 Å². The minimum absolute atomic E-state index is 0.412. The topological polar surface area (TPSA) is 47.7 Å². The van der Waals surface area contributed by atoms with Crippen LogP contribution in [0.3, 0.4) is 0 Å². The van der Waals surface area contributed by atoms with E-state index >= 15 is 0 Å². The summed E-state index contributed by atoms with van der Waals surface area (Å²) in [4.78, 5) is 0. The monoisotopic (exact) mass is 432 g/mol. The number of unbranched alkanes of at least 4 members (excludes halogenated alkanes) is 13. The highest BCUT2D eigenvalue weighted by atomic mass is 31.2. The molecule has 0 aliphatic rings. The van der Waals surface area contributed by atoms with Crippen molar-refractivity contribution in [3.8, 4) is 0 Å². The predicted molar refractivity (Wildman–Crippen MR) is 130 cm³/mol. The molecule has 0 aromatic rings. The Bertz CT molecular complexity index is 322. The molecule has 0 bridgehead atoms. The first kappa shape index (κ1) is 29.3. The van der Waals surface area contributed by atoms with Crippen LogP contribution in [0.25, 0.3) is 0 Å². The molecule has 1 unspecified atom stereocenters. The van der Waals surface area contributed by atoms with E-state index in [1.165, 1.54) is 83.5 Å². The highest BCUT2D eigenvalue weighted by molar-refractivity contribution is 7.44. The Labute approximate surface area is 184 Å². The van der Waals surface area contributed by atoms with Crippen LogP contribution in [0.4, 0.5) is 0 Å². The molecule has 0 aromatic heterocycles. The van der Waals surface area contributed by atoms with Crippen LogP contribution in [-0.4, -0.2) is 36.5 Å². The van der Waals surface area contributed by atoms with E-state index in [-0.39, 0.29) is 0 Å². The molecule has 176 valence electrons. The minimum Gasteiger partial charge on any atom is -0.328 e. The Hall–Kier alpha value is 0.270. The van der Waals surface area contributed by atoms with Gasteiger partial charge in [0.1, 0.15) is 0 Å². The Kier molecular flexibility index (Phi) is 21.7. The number of nitrogens with zero attached hydrogens (tertiary/aromatic N) is 1. The van der Waals surface area contributed by atoms with Crippen LogP contribution in [0.15, 0.2) is 0 Å². The molecule has 0 saturated heterocycles. The maximum Gasteiger partial charge on any atom is 0.259 e. The highest BCUT2D eigenvalue weighted by Gasteiger charge is 2.26. The largest absolute Gasteiger partial charge is 0.328 e. The van der Waals surface area contributed by atoms with Crippen LogP contribution in [-0.2, 0) is 9.05 Å². The van der Waals surface area contributed by atoms with Gasteiger partial charge in [-0.2, -0.15) is 0 Å². The summed E-state index contributed by atoms with van der Waals surface area (Å²) in [6.45, 7) is 13.0. The number of hydrogen-bond donors (Lipinski definition) is 1. The molecule has 0 saturated carbocycles. The first-order chi connectivity index (χ1) is 14.0. The van der Waals surface area contributed by atoms with E-state index in [1.54, 1.807) is 0 Å². The van der Waals surface area contributed by atoms with Gasteiger partial charge in [-0.05, 0) is 34.1 Å². The lowest BCUT2D eigenvalue weighted by atomic mass is 10.0. The molecule has 0 fully saturated rings. The van der Waals surface area contributed by atoms with Crippen molar-refractivity contribution in [2.24, 2.45) is 5.73 Å². The summed E-state index contributed by atoms with van der Waals surface area (Å²) >= 11 is 0. The average Bonchev–Trinajstić information content (AvgIpc) is 2.68. The molecule has 0 rings (SSSR count). The lowest BCUT2D eigenvalue weighted by Gasteiger charge is -2.35. The predicted octanol–water partition coefficient (Wildman–Crippen LogP) is 7.81. The van der Waals surface area contributed by atoms with Gasteiger partial charge in [0.25, 0.3) is 8.53 Å². The Morgan fingerprint density at radius 3 is 1.38 bits per heavy atom. The first-order valence-corrected chi connectivity index (χ1v) is 13.7. The van der Waals surface area contributed by atoms with Crippen molar-refractivity contribution in [3.63, 3.8) is 0 Å². The molecule has 1 atom stereocenters. The van der Waals surface area contributed by atoms with Gasteiger partial charge in [-0.25, -0.2) is 4.67 Å². The average molecular weight is 433 g/mol. The van der Waals surface area contributed by atoms with Gasteiger partial charge in [-0.15, -0.1) is 0 Å². The van der Waals surface area contributed by atoms with E-state index in [0.29, 0.717) is 25.2 Å². The fourth-order valence-corrected chi connectivity index (χ4v) is 5.36. The van der Waals surface area contributed by atoms with Crippen LogP contribution in [0.5, 0.6) is 0 Å². The fourth-order valence-electron chi connectivity index (χ4n) is 3.71. The van der Waals surface area contributed by atoms with Gasteiger partial charge in [-0.1, -0.05) is 90.4 Å². The van der Waals surface area contributed by atoms with E-state index in [2.05, 4.69) is 39.3 Å². The molecular weight excluding hydrogens is 379 g/mol. The molecule has 0 amide bonds. The van der Waals surface area contributed by atoms with Crippen molar-refractivity contribution in [1.82, 2.24) is 4.67 Å². The zero-order valence-corrected chi connectivity index (χ0v) is 21.4. The third-order valence-corrected chi connectivity index (χ3v) is 7.37. The summed E-state index contributed by atoms with van der Waals surface area (Å²) in [5.74, 6) is 0. The number of rotatable bonds is 22.